The monoisotopic (exact) mass is 477 g/mol. The van der Waals surface area contributed by atoms with E-state index < -0.39 is 0 Å². The summed E-state index contributed by atoms with van der Waals surface area (Å²) in [6.45, 7) is 3.67. The van der Waals surface area contributed by atoms with Gasteiger partial charge in [0.1, 0.15) is 0 Å². The number of rotatable bonds is 5. The number of halogens is 2. The van der Waals surface area contributed by atoms with Gasteiger partial charge in [0.15, 0.2) is 5.13 Å². The lowest BCUT2D eigenvalue weighted by molar-refractivity contribution is 0.0526. The van der Waals surface area contributed by atoms with Crippen molar-refractivity contribution in [1.82, 2.24) is 10.3 Å². The SMILES string of the molecule is CCOC(=O)c1ccc2nc(N3CCC(NC(=O)c4c(Cl)cccc4Cl)CC3)sc2c1. The standard InChI is InChI=1S/C22H21Cl2N3O3S/c1-2-30-21(29)13-6-7-17-18(12-13)31-22(26-17)27-10-8-14(9-11-27)25-20(28)19-15(23)4-3-5-16(19)24/h3-7,12,14H,2,8-11H2,1H3,(H,25,28). The molecule has 1 aliphatic heterocycles. The molecule has 1 N–H and O–H groups in total. The van der Waals surface area contributed by atoms with Crippen molar-refractivity contribution in [3.05, 3.63) is 57.6 Å². The van der Waals surface area contributed by atoms with Gasteiger partial charge >= 0.3 is 5.97 Å². The molecule has 0 bridgehead atoms. The van der Waals surface area contributed by atoms with E-state index in [1.807, 2.05) is 12.1 Å². The van der Waals surface area contributed by atoms with Gasteiger partial charge in [-0.3, -0.25) is 4.79 Å². The van der Waals surface area contributed by atoms with Gasteiger partial charge in [0.2, 0.25) is 0 Å². The van der Waals surface area contributed by atoms with Gasteiger partial charge in [0.25, 0.3) is 5.91 Å². The van der Waals surface area contributed by atoms with Crippen molar-refractivity contribution in [3.8, 4) is 0 Å². The second-order valence-electron chi connectivity index (χ2n) is 7.23. The Kier molecular flexibility index (Phi) is 6.65. The van der Waals surface area contributed by atoms with Crippen molar-refractivity contribution in [2.75, 3.05) is 24.6 Å². The normalized spacial score (nSPS) is 14.6. The molecule has 0 saturated carbocycles. The summed E-state index contributed by atoms with van der Waals surface area (Å²) in [5.74, 6) is -0.574. The molecule has 9 heteroatoms. The maximum absolute atomic E-state index is 12.6. The molecular weight excluding hydrogens is 457 g/mol. The van der Waals surface area contributed by atoms with Crippen molar-refractivity contribution < 1.29 is 14.3 Å². The van der Waals surface area contributed by atoms with Crippen molar-refractivity contribution in [1.29, 1.82) is 0 Å². The van der Waals surface area contributed by atoms with Crippen LogP contribution in [-0.2, 0) is 4.74 Å². The fraction of sp³-hybridized carbons (Fsp3) is 0.318. The number of aromatic nitrogens is 1. The number of piperidine rings is 1. The first kappa shape index (κ1) is 21.9. The Morgan fingerprint density at radius 3 is 2.58 bits per heavy atom. The summed E-state index contributed by atoms with van der Waals surface area (Å²) >= 11 is 13.8. The van der Waals surface area contributed by atoms with E-state index in [9.17, 15) is 9.59 Å². The van der Waals surface area contributed by atoms with E-state index in [4.69, 9.17) is 32.9 Å². The Labute approximate surface area is 194 Å². The van der Waals surface area contributed by atoms with Crippen LogP contribution in [0.15, 0.2) is 36.4 Å². The molecule has 1 aliphatic rings. The molecule has 2 aromatic carbocycles. The molecular formula is C22H21Cl2N3O3S. The first-order chi connectivity index (χ1) is 15.0. The molecule has 0 aliphatic carbocycles. The lowest BCUT2D eigenvalue weighted by atomic mass is 10.0. The van der Waals surface area contributed by atoms with Crippen LogP contribution >= 0.6 is 34.5 Å². The van der Waals surface area contributed by atoms with Gasteiger partial charge in [-0.1, -0.05) is 40.6 Å². The number of ether oxygens (including phenoxy) is 1. The molecule has 162 valence electrons. The highest BCUT2D eigenvalue weighted by atomic mass is 35.5. The molecule has 31 heavy (non-hydrogen) atoms. The maximum Gasteiger partial charge on any atom is 0.338 e. The molecule has 1 saturated heterocycles. The van der Waals surface area contributed by atoms with E-state index in [2.05, 4.69) is 10.2 Å². The Morgan fingerprint density at radius 2 is 1.90 bits per heavy atom. The minimum atomic E-state index is -0.325. The predicted molar refractivity (Wildman–Crippen MR) is 125 cm³/mol. The molecule has 3 aromatic rings. The van der Waals surface area contributed by atoms with Crippen LogP contribution in [0, 0.1) is 0 Å². The number of amides is 1. The van der Waals surface area contributed by atoms with Gasteiger partial charge in [-0.2, -0.15) is 0 Å². The quantitative estimate of drug-likeness (QED) is 0.512. The Morgan fingerprint density at radius 1 is 1.19 bits per heavy atom. The maximum atomic E-state index is 12.6. The zero-order valence-corrected chi connectivity index (χ0v) is 19.2. The van der Waals surface area contributed by atoms with E-state index in [1.54, 1.807) is 42.5 Å². The largest absolute Gasteiger partial charge is 0.462 e. The topological polar surface area (TPSA) is 71.5 Å². The Bertz CT molecular complexity index is 1110. The number of carbonyl (C=O) groups is 2. The molecule has 1 aromatic heterocycles. The molecule has 0 radical (unpaired) electrons. The Balaban J connectivity index is 1.40. The van der Waals surface area contributed by atoms with Crippen LogP contribution in [0.3, 0.4) is 0 Å². The number of thiazole rings is 1. The van der Waals surface area contributed by atoms with E-state index in [-0.39, 0.29) is 17.9 Å². The lowest BCUT2D eigenvalue weighted by Gasteiger charge is -2.32. The number of hydrogen-bond acceptors (Lipinski definition) is 6. The summed E-state index contributed by atoms with van der Waals surface area (Å²) in [6, 6.07) is 10.5. The van der Waals surface area contributed by atoms with Crippen LogP contribution in [0.25, 0.3) is 10.2 Å². The van der Waals surface area contributed by atoms with Crippen molar-refractivity contribution >= 4 is 61.8 Å². The second-order valence-corrected chi connectivity index (χ2v) is 9.05. The fourth-order valence-corrected chi connectivity index (χ4v) is 5.20. The van der Waals surface area contributed by atoms with Crippen molar-refractivity contribution in [2.45, 2.75) is 25.8 Å². The van der Waals surface area contributed by atoms with Crippen molar-refractivity contribution in [3.63, 3.8) is 0 Å². The van der Waals surface area contributed by atoms with E-state index >= 15 is 0 Å². The average molecular weight is 478 g/mol. The van der Waals surface area contributed by atoms with Gasteiger partial charge in [-0.25, -0.2) is 9.78 Å². The van der Waals surface area contributed by atoms with Gasteiger partial charge in [0, 0.05) is 19.1 Å². The zero-order chi connectivity index (χ0) is 22.0. The van der Waals surface area contributed by atoms with Crippen LogP contribution in [0.1, 0.15) is 40.5 Å². The predicted octanol–water partition coefficient (Wildman–Crippen LogP) is 5.18. The molecule has 4 rings (SSSR count). The van der Waals surface area contributed by atoms with Gasteiger partial charge in [0.05, 0.1) is 38.0 Å². The van der Waals surface area contributed by atoms with E-state index in [0.29, 0.717) is 27.8 Å². The number of fused-ring (bicyclic) bond motifs is 1. The van der Waals surface area contributed by atoms with Crippen LogP contribution in [0.2, 0.25) is 10.0 Å². The third-order valence-corrected chi connectivity index (χ3v) is 6.89. The molecule has 0 spiro atoms. The fourth-order valence-electron chi connectivity index (χ4n) is 3.58. The van der Waals surface area contributed by atoms with Gasteiger partial charge in [-0.15, -0.1) is 0 Å². The minimum absolute atomic E-state index is 0.0425. The summed E-state index contributed by atoms with van der Waals surface area (Å²) in [6.07, 6.45) is 1.58. The number of nitrogens with one attached hydrogen (secondary N) is 1. The van der Waals surface area contributed by atoms with Crippen LogP contribution < -0.4 is 10.2 Å². The number of esters is 1. The van der Waals surface area contributed by atoms with Crippen LogP contribution in [-0.4, -0.2) is 42.6 Å². The van der Waals surface area contributed by atoms with Crippen LogP contribution in [0.5, 0.6) is 0 Å². The molecule has 0 unspecified atom stereocenters. The molecule has 1 amide bonds. The van der Waals surface area contributed by atoms with Crippen molar-refractivity contribution in [2.24, 2.45) is 0 Å². The smallest absolute Gasteiger partial charge is 0.338 e. The van der Waals surface area contributed by atoms with Crippen LogP contribution in [0.4, 0.5) is 5.13 Å². The summed E-state index contributed by atoms with van der Waals surface area (Å²) in [5, 5.41) is 4.65. The van der Waals surface area contributed by atoms with E-state index in [0.717, 1.165) is 41.3 Å². The summed E-state index contributed by atoms with van der Waals surface area (Å²) in [7, 11) is 0. The third-order valence-electron chi connectivity index (χ3n) is 5.18. The second kappa shape index (κ2) is 9.42. The molecule has 6 nitrogen and oxygen atoms in total. The minimum Gasteiger partial charge on any atom is -0.462 e. The highest BCUT2D eigenvalue weighted by molar-refractivity contribution is 7.22. The Hall–Kier alpha value is -2.35. The number of nitrogens with zero attached hydrogens (tertiary/aromatic N) is 2. The first-order valence-corrected chi connectivity index (χ1v) is 11.6. The number of carbonyl (C=O) groups excluding carboxylic acids is 2. The third kappa shape index (κ3) is 4.79. The summed E-state index contributed by atoms with van der Waals surface area (Å²) in [4.78, 5) is 31.5. The van der Waals surface area contributed by atoms with Gasteiger partial charge in [-0.05, 0) is 50.1 Å². The zero-order valence-electron chi connectivity index (χ0n) is 16.9. The molecule has 2 heterocycles. The van der Waals surface area contributed by atoms with Gasteiger partial charge < -0.3 is 15.0 Å². The molecule has 1 fully saturated rings. The number of hydrogen-bond donors (Lipinski definition) is 1. The lowest BCUT2D eigenvalue weighted by Crippen LogP contribution is -2.44. The summed E-state index contributed by atoms with van der Waals surface area (Å²) in [5.41, 5.74) is 1.71. The van der Waals surface area contributed by atoms with E-state index in [1.165, 1.54) is 0 Å². The first-order valence-electron chi connectivity index (χ1n) is 10.0. The molecule has 0 atom stereocenters. The highest BCUT2D eigenvalue weighted by Gasteiger charge is 2.25. The number of benzene rings is 2. The number of anilines is 1. The average Bonchev–Trinajstić information content (AvgIpc) is 3.17. The highest BCUT2D eigenvalue weighted by Crippen LogP contribution is 2.31. The summed E-state index contributed by atoms with van der Waals surface area (Å²) < 4.78 is 6.02.